The van der Waals surface area contributed by atoms with E-state index >= 15 is 0 Å². The van der Waals surface area contributed by atoms with E-state index in [1.54, 1.807) is 0 Å². The van der Waals surface area contributed by atoms with Gasteiger partial charge in [0, 0.05) is 31.0 Å². The summed E-state index contributed by atoms with van der Waals surface area (Å²) in [6, 6.07) is 0. The van der Waals surface area contributed by atoms with Crippen molar-refractivity contribution in [1.29, 1.82) is 0 Å². The van der Waals surface area contributed by atoms with Crippen LogP contribution in [0.15, 0.2) is 0 Å². The first-order valence-corrected chi connectivity index (χ1v) is 6.87. The topological polar surface area (TPSA) is 24.1 Å². The van der Waals surface area contributed by atoms with Crippen molar-refractivity contribution in [3.8, 4) is 0 Å². The van der Waals surface area contributed by atoms with E-state index in [1.807, 2.05) is 0 Å². The van der Waals surface area contributed by atoms with Gasteiger partial charge in [-0.3, -0.25) is 0 Å². The monoisotopic (exact) mass is 218 g/mol. The summed E-state index contributed by atoms with van der Waals surface area (Å²) >= 11 is 4.13. The number of hydrogen-bond acceptors (Lipinski definition) is 4. The van der Waals surface area contributed by atoms with E-state index in [0.29, 0.717) is 9.74 Å². The van der Waals surface area contributed by atoms with Gasteiger partial charge >= 0.3 is 0 Å². The molecule has 0 amide bonds. The lowest BCUT2D eigenvalue weighted by atomic mass is 10.1. The largest absolute Gasteiger partial charge is 0.302 e. The van der Waals surface area contributed by atoms with Gasteiger partial charge in [-0.15, -0.1) is 23.5 Å². The zero-order valence-electron chi connectivity index (χ0n) is 8.35. The molecule has 2 fully saturated rings. The molecular weight excluding hydrogens is 200 g/mol. The first-order valence-electron chi connectivity index (χ1n) is 4.90. The zero-order chi connectivity index (χ0) is 9.36. The van der Waals surface area contributed by atoms with Crippen LogP contribution in [0.2, 0.25) is 0 Å². The minimum atomic E-state index is 0.305. The number of hydrogen-bond donors (Lipinski definition) is 2. The first kappa shape index (κ1) is 10.1. The van der Waals surface area contributed by atoms with E-state index in [1.165, 1.54) is 31.0 Å². The van der Waals surface area contributed by atoms with Crippen LogP contribution in [0.4, 0.5) is 0 Å². The van der Waals surface area contributed by atoms with Gasteiger partial charge in [-0.2, -0.15) is 0 Å². The van der Waals surface area contributed by atoms with Gasteiger partial charge in [0.2, 0.25) is 0 Å². The summed E-state index contributed by atoms with van der Waals surface area (Å²) in [5.74, 6) is 2.52. The normalized spacial score (nSPS) is 45.7. The number of rotatable bonds is 2. The molecule has 0 bridgehead atoms. The quantitative estimate of drug-likeness (QED) is 0.733. The summed E-state index contributed by atoms with van der Waals surface area (Å²) < 4.78 is 0. The van der Waals surface area contributed by atoms with E-state index in [9.17, 15) is 0 Å². The molecule has 0 radical (unpaired) electrons. The molecular formula is C9H18N2S2. The van der Waals surface area contributed by atoms with Gasteiger partial charge in [0.1, 0.15) is 0 Å². The molecule has 0 saturated carbocycles. The van der Waals surface area contributed by atoms with E-state index in [0.717, 1.165) is 0 Å². The standard InChI is InChI=1S/C9H18N2S2/c1-8(10-3-5-12-8)7-9(2)11-4-6-13-9/h10-11H,3-7H2,1-2H3. The molecule has 0 aliphatic carbocycles. The van der Waals surface area contributed by atoms with Gasteiger partial charge in [0.05, 0.1) is 9.74 Å². The molecule has 0 aromatic carbocycles. The highest BCUT2D eigenvalue weighted by Gasteiger charge is 2.39. The lowest BCUT2D eigenvalue weighted by molar-refractivity contribution is 0.403. The summed E-state index contributed by atoms with van der Waals surface area (Å²) in [5.41, 5.74) is 0. The third kappa shape index (κ3) is 2.35. The Balaban J connectivity index is 1.95. The molecule has 2 N–H and O–H groups in total. The van der Waals surface area contributed by atoms with Crippen LogP contribution in [0.25, 0.3) is 0 Å². The minimum absolute atomic E-state index is 0.305. The molecule has 76 valence electrons. The summed E-state index contributed by atoms with van der Waals surface area (Å²) in [6.45, 7) is 7.00. The first-order chi connectivity index (χ1) is 6.12. The van der Waals surface area contributed by atoms with Gasteiger partial charge in [0.25, 0.3) is 0 Å². The average molecular weight is 218 g/mol. The van der Waals surface area contributed by atoms with Gasteiger partial charge in [0.15, 0.2) is 0 Å². The number of thioether (sulfide) groups is 2. The molecule has 0 aromatic heterocycles. The Morgan fingerprint density at radius 2 is 1.46 bits per heavy atom. The Hall–Kier alpha value is 0.620. The maximum Gasteiger partial charge on any atom is 0.0643 e. The van der Waals surface area contributed by atoms with Gasteiger partial charge in [-0.25, -0.2) is 0 Å². The smallest absolute Gasteiger partial charge is 0.0643 e. The van der Waals surface area contributed by atoms with Crippen molar-refractivity contribution in [3.05, 3.63) is 0 Å². The highest BCUT2D eigenvalue weighted by molar-refractivity contribution is 8.01. The van der Waals surface area contributed by atoms with E-state index in [2.05, 4.69) is 48.0 Å². The SMILES string of the molecule is CC1(CC2(C)NCCS2)NCCS1. The number of nitrogens with one attached hydrogen (secondary N) is 2. The molecule has 0 aromatic rings. The van der Waals surface area contributed by atoms with Crippen LogP contribution in [0.5, 0.6) is 0 Å². The maximum absolute atomic E-state index is 3.59. The fourth-order valence-corrected chi connectivity index (χ4v) is 4.75. The van der Waals surface area contributed by atoms with Crippen molar-refractivity contribution in [2.75, 3.05) is 24.6 Å². The lowest BCUT2D eigenvalue weighted by Crippen LogP contribution is -2.45. The molecule has 2 atom stereocenters. The zero-order valence-corrected chi connectivity index (χ0v) is 9.99. The van der Waals surface area contributed by atoms with Crippen LogP contribution in [0, 0.1) is 0 Å². The van der Waals surface area contributed by atoms with E-state index in [-0.39, 0.29) is 0 Å². The molecule has 2 aliphatic rings. The van der Waals surface area contributed by atoms with E-state index < -0.39 is 0 Å². The Labute approximate surface area is 89.0 Å². The Morgan fingerprint density at radius 1 is 1.00 bits per heavy atom. The summed E-state index contributed by atoms with van der Waals surface area (Å²) in [6.07, 6.45) is 1.22. The molecule has 0 spiro atoms. The summed E-state index contributed by atoms with van der Waals surface area (Å²) in [5, 5.41) is 7.19. The van der Waals surface area contributed by atoms with Crippen molar-refractivity contribution in [2.24, 2.45) is 0 Å². The fraction of sp³-hybridized carbons (Fsp3) is 1.00. The predicted molar refractivity (Wildman–Crippen MR) is 62.3 cm³/mol. The molecule has 2 rings (SSSR count). The maximum atomic E-state index is 3.59. The van der Waals surface area contributed by atoms with Crippen LogP contribution < -0.4 is 10.6 Å². The predicted octanol–water partition coefficient (Wildman–Crippen LogP) is 1.48. The lowest BCUT2D eigenvalue weighted by Gasteiger charge is -2.33. The summed E-state index contributed by atoms with van der Waals surface area (Å²) in [4.78, 5) is 0.609. The third-order valence-corrected chi connectivity index (χ3v) is 5.39. The molecule has 2 saturated heterocycles. The molecule has 2 heterocycles. The van der Waals surface area contributed by atoms with Crippen molar-refractivity contribution in [3.63, 3.8) is 0 Å². The van der Waals surface area contributed by atoms with Gasteiger partial charge in [-0.05, 0) is 13.8 Å². The van der Waals surface area contributed by atoms with Gasteiger partial charge in [-0.1, -0.05) is 0 Å². The van der Waals surface area contributed by atoms with E-state index in [4.69, 9.17) is 0 Å². The highest BCUT2D eigenvalue weighted by atomic mass is 32.2. The molecule has 4 heteroatoms. The van der Waals surface area contributed by atoms with Crippen molar-refractivity contribution in [1.82, 2.24) is 10.6 Å². The molecule has 2 aliphatic heterocycles. The second kappa shape index (κ2) is 3.65. The van der Waals surface area contributed by atoms with Crippen LogP contribution in [0.3, 0.4) is 0 Å². The minimum Gasteiger partial charge on any atom is -0.302 e. The summed E-state index contributed by atoms with van der Waals surface area (Å²) in [7, 11) is 0. The molecule has 2 unspecified atom stereocenters. The van der Waals surface area contributed by atoms with Crippen molar-refractivity contribution in [2.45, 2.75) is 30.0 Å². The second-order valence-corrected chi connectivity index (χ2v) is 7.38. The average Bonchev–Trinajstić information content (AvgIpc) is 2.60. The van der Waals surface area contributed by atoms with Crippen LogP contribution >= 0.6 is 23.5 Å². The Bertz CT molecular complexity index is 164. The van der Waals surface area contributed by atoms with Crippen molar-refractivity contribution < 1.29 is 0 Å². The Kier molecular flexibility index (Phi) is 2.85. The van der Waals surface area contributed by atoms with Crippen LogP contribution in [-0.4, -0.2) is 34.3 Å². The molecule has 13 heavy (non-hydrogen) atoms. The van der Waals surface area contributed by atoms with Gasteiger partial charge < -0.3 is 10.6 Å². The Morgan fingerprint density at radius 3 is 1.77 bits per heavy atom. The highest BCUT2D eigenvalue weighted by Crippen LogP contribution is 2.40. The molecule has 2 nitrogen and oxygen atoms in total. The van der Waals surface area contributed by atoms with Crippen LogP contribution in [0.1, 0.15) is 20.3 Å². The fourth-order valence-electron chi connectivity index (χ4n) is 2.16. The second-order valence-electron chi connectivity index (χ2n) is 4.19. The van der Waals surface area contributed by atoms with Crippen LogP contribution in [-0.2, 0) is 0 Å². The van der Waals surface area contributed by atoms with Crippen molar-refractivity contribution >= 4 is 23.5 Å². The third-order valence-electron chi connectivity index (χ3n) is 2.72.